The number of benzene rings is 1. The van der Waals surface area contributed by atoms with E-state index in [1.807, 2.05) is 39.0 Å². The summed E-state index contributed by atoms with van der Waals surface area (Å²) in [6.45, 7) is 8.69. The fraction of sp³-hybridized carbons (Fsp3) is 0.500. The van der Waals surface area contributed by atoms with Crippen LogP contribution in [-0.4, -0.2) is 34.4 Å². The van der Waals surface area contributed by atoms with Crippen molar-refractivity contribution >= 4 is 19.8 Å². The molecule has 1 rings (SSSR count). The Bertz CT molecular complexity index is 403. The van der Waals surface area contributed by atoms with Gasteiger partial charge in [-0.25, -0.2) is 0 Å². The van der Waals surface area contributed by atoms with Gasteiger partial charge >= 0.3 is 8.80 Å². The Morgan fingerprint density at radius 1 is 1.00 bits per heavy atom. The highest BCUT2D eigenvalue weighted by Crippen LogP contribution is 2.14. The van der Waals surface area contributed by atoms with E-state index in [0.717, 1.165) is 5.19 Å². The van der Waals surface area contributed by atoms with Crippen molar-refractivity contribution in [2.24, 2.45) is 0 Å². The zero-order chi connectivity index (χ0) is 14.3. The lowest BCUT2D eigenvalue weighted by Gasteiger charge is -2.29. The molecule has 19 heavy (non-hydrogen) atoms. The van der Waals surface area contributed by atoms with E-state index in [4.69, 9.17) is 13.3 Å². The molecule has 0 N–H and O–H groups in total. The van der Waals surface area contributed by atoms with E-state index in [0.29, 0.717) is 25.4 Å². The van der Waals surface area contributed by atoms with E-state index in [-0.39, 0.29) is 5.78 Å². The van der Waals surface area contributed by atoms with Crippen LogP contribution in [0.5, 0.6) is 0 Å². The van der Waals surface area contributed by atoms with Crippen LogP contribution in [0.1, 0.15) is 38.1 Å². The van der Waals surface area contributed by atoms with Crippen molar-refractivity contribution in [1.82, 2.24) is 0 Å². The summed E-state index contributed by atoms with van der Waals surface area (Å²) >= 11 is 0. The van der Waals surface area contributed by atoms with E-state index >= 15 is 0 Å². The van der Waals surface area contributed by atoms with Crippen LogP contribution in [-0.2, 0) is 13.3 Å². The Morgan fingerprint density at radius 3 is 1.89 bits per heavy atom. The van der Waals surface area contributed by atoms with Crippen LogP contribution in [0.4, 0.5) is 0 Å². The molecule has 0 fully saturated rings. The number of hydrogen-bond donors (Lipinski definition) is 0. The van der Waals surface area contributed by atoms with E-state index in [1.165, 1.54) is 0 Å². The molecule has 0 aliphatic carbocycles. The maximum atomic E-state index is 11.8. The van der Waals surface area contributed by atoms with Crippen LogP contribution < -0.4 is 5.19 Å². The van der Waals surface area contributed by atoms with Crippen molar-refractivity contribution in [3.05, 3.63) is 29.8 Å². The van der Waals surface area contributed by atoms with E-state index in [9.17, 15) is 4.79 Å². The number of carbonyl (C=O) groups is 1. The van der Waals surface area contributed by atoms with Gasteiger partial charge in [0.2, 0.25) is 0 Å². The molecule has 0 heterocycles. The molecule has 106 valence electrons. The first-order valence-electron chi connectivity index (χ1n) is 6.63. The van der Waals surface area contributed by atoms with Gasteiger partial charge in [0.25, 0.3) is 0 Å². The van der Waals surface area contributed by atoms with Gasteiger partial charge in [0.15, 0.2) is 5.78 Å². The van der Waals surface area contributed by atoms with Gasteiger partial charge in [0.1, 0.15) is 0 Å². The zero-order valence-corrected chi connectivity index (χ0v) is 13.1. The van der Waals surface area contributed by atoms with Crippen LogP contribution >= 0.6 is 0 Å². The summed E-state index contributed by atoms with van der Waals surface area (Å²) in [5.74, 6) is -0.00779. The van der Waals surface area contributed by atoms with Crippen LogP contribution in [0, 0.1) is 0 Å². The Labute approximate surface area is 116 Å². The summed E-state index contributed by atoms with van der Waals surface area (Å²) in [7, 11) is -3.00. The first-order valence-corrected chi connectivity index (χ1v) is 8.36. The molecule has 0 spiro atoms. The average Bonchev–Trinajstić information content (AvgIpc) is 2.39. The second kappa shape index (κ2) is 7.55. The minimum Gasteiger partial charge on any atom is -0.370 e. The fourth-order valence-corrected chi connectivity index (χ4v) is 4.73. The monoisotopic (exact) mass is 282 g/mol. The minimum absolute atomic E-state index is 0.00779. The predicted octanol–water partition coefficient (Wildman–Crippen LogP) is 2.14. The summed E-state index contributed by atoms with van der Waals surface area (Å²) in [6, 6.07) is 7.37. The number of ketones is 1. The minimum atomic E-state index is -3.00. The molecule has 0 amide bonds. The van der Waals surface area contributed by atoms with Gasteiger partial charge < -0.3 is 13.3 Å². The summed E-state index contributed by atoms with van der Waals surface area (Å²) in [4.78, 5) is 11.8. The van der Waals surface area contributed by atoms with Crippen molar-refractivity contribution in [1.29, 1.82) is 0 Å². The van der Waals surface area contributed by atoms with Gasteiger partial charge in [-0.15, -0.1) is 0 Å². The first-order chi connectivity index (χ1) is 9.11. The molecule has 4 nitrogen and oxygen atoms in total. The molecule has 0 atom stereocenters. The van der Waals surface area contributed by atoms with Gasteiger partial charge in [-0.05, 0) is 27.7 Å². The van der Waals surface area contributed by atoms with Crippen LogP contribution in [0.3, 0.4) is 0 Å². The van der Waals surface area contributed by atoms with E-state index in [1.54, 1.807) is 13.0 Å². The highest BCUT2D eigenvalue weighted by molar-refractivity contribution is 6.76. The first kappa shape index (κ1) is 16.0. The molecule has 0 radical (unpaired) electrons. The standard InChI is InChI=1S/C14H22O4Si/c1-5-16-19(17-6-2,18-7-3)14-11-9-8-10-13(14)12(4)15/h8-11H,5-7H2,1-4H3. The van der Waals surface area contributed by atoms with Crippen molar-refractivity contribution in [3.8, 4) is 0 Å². The number of rotatable bonds is 8. The largest absolute Gasteiger partial charge is 0.537 e. The summed E-state index contributed by atoms with van der Waals surface area (Å²) in [5, 5.41) is 0.757. The SMILES string of the molecule is CCO[Si](OCC)(OCC)c1ccccc1C(C)=O. The highest BCUT2D eigenvalue weighted by atomic mass is 28.4. The average molecular weight is 282 g/mol. The van der Waals surface area contributed by atoms with Crippen molar-refractivity contribution in [2.75, 3.05) is 19.8 Å². The Morgan fingerprint density at radius 2 is 1.47 bits per heavy atom. The van der Waals surface area contributed by atoms with Gasteiger partial charge in [-0.3, -0.25) is 4.79 Å². The molecule has 1 aromatic carbocycles. The van der Waals surface area contributed by atoms with Crippen molar-refractivity contribution in [3.63, 3.8) is 0 Å². The molecule has 1 aromatic rings. The molecule has 0 bridgehead atoms. The fourth-order valence-electron chi connectivity index (χ4n) is 1.99. The Kier molecular flexibility index (Phi) is 6.37. The number of carbonyl (C=O) groups excluding carboxylic acids is 1. The lowest BCUT2D eigenvalue weighted by atomic mass is 10.1. The van der Waals surface area contributed by atoms with E-state index < -0.39 is 8.80 Å². The molecule has 0 aliphatic rings. The van der Waals surface area contributed by atoms with Gasteiger partial charge in [-0.2, -0.15) is 0 Å². The molecule has 0 saturated heterocycles. The maximum Gasteiger partial charge on any atom is 0.537 e. The lowest BCUT2D eigenvalue weighted by Crippen LogP contribution is -2.58. The quantitative estimate of drug-likeness (QED) is 0.541. The second-order valence-corrected chi connectivity index (χ2v) is 6.47. The third kappa shape index (κ3) is 3.73. The normalized spacial score (nSPS) is 11.6. The summed E-state index contributed by atoms with van der Waals surface area (Å²) in [5.41, 5.74) is 0.615. The topological polar surface area (TPSA) is 44.8 Å². The Hall–Kier alpha value is -1.01. The number of hydrogen-bond acceptors (Lipinski definition) is 4. The van der Waals surface area contributed by atoms with Crippen LogP contribution in [0.2, 0.25) is 0 Å². The predicted molar refractivity (Wildman–Crippen MR) is 76.7 cm³/mol. The third-order valence-corrected chi connectivity index (χ3v) is 5.74. The molecule has 0 aromatic heterocycles. The third-order valence-electron chi connectivity index (χ3n) is 2.64. The van der Waals surface area contributed by atoms with E-state index in [2.05, 4.69) is 0 Å². The summed E-state index contributed by atoms with van der Waals surface area (Å²) < 4.78 is 17.5. The molecular formula is C14H22O4Si. The Balaban J connectivity index is 3.33. The van der Waals surface area contributed by atoms with Crippen molar-refractivity contribution < 1.29 is 18.1 Å². The van der Waals surface area contributed by atoms with Crippen LogP contribution in [0.15, 0.2) is 24.3 Å². The van der Waals surface area contributed by atoms with Crippen molar-refractivity contribution in [2.45, 2.75) is 27.7 Å². The molecule has 0 saturated carbocycles. The molecular weight excluding hydrogens is 260 g/mol. The van der Waals surface area contributed by atoms with Gasteiger partial charge in [0, 0.05) is 30.6 Å². The zero-order valence-electron chi connectivity index (χ0n) is 12.1. The molecule has 0 unspecified atom stereocenters. The summed E-state index contributed by atoms with van der Waals surface area (Å²) in [6.07, 6.45) is 0. The highest BCUT2D eigenvalue weighted by Gasteiger charge is 2.45. The molecule has 0 aliphatic heterocycles. The maximum absolute atomic E-state index is 11.8. The number of Topliss-reactive ketones (excluding diaryl/α,β-unsaturated/α-hetero) is 1. The van der Waals surface area contributed by atoms with Gasteiger partial charge in [0.05, 0.1) is 0 Å². The lowest BCUT2D eigenvalue weighted by molar-refractivity contribution is 0.0848. The van der Waals surface area contributed by atoms with Gasteiger partial charge in [-0.1, -0.05) is 24.3 Å². The smallest absolute Gasteiger partial charge is 0.370 e. The second-order valence-electron chi connectivity index (χ2n) is 3.96. The molecule has 5 heteroatoms. The van der Waals surface area contributed by atoms with Crippen LogP contribution in [0.25, 0.3) is 0 Å².